The van der Waals surface area contributed by atoms with Crippen LogP contribution in [0.4, 0.5) is 11.6 Å². The van der Waals surface area contributed by atoms with Gasteiger partial charge in [-0.15, -0.1) is 10.2 Å². The van der Waals surface area contributed by atoms with E-state index >= 15 is 0 Å². The molecule has 74 valence electrons. The lowest BCUT2D eigenvalue weighted by molar-refractivity contribution is 1.21. The van der Waals surface area contributed by atoms with E-state index in [1.165, 1.54) is 0 Å². The van der Waals surface area contributed by atoms with E-state index in [2.05, 4.69) is 34.0 Å². The number of nitrogens with zero attached hydrogens (tertiary/aromatic N) is 2. The van der Waals surface area contributed by atoms with Gasteiger partial charge in [-0.1, -0.05) is 12.7 Å². The van der Waals surface area contributed by atoms with Crippen molar-refractivity contribution in [3.63, 3.8) is 0 Å². The molecule has 5 N–H and O–H groups in total. The van der Waals surface area contributed by atoms with Gasteiger partial charge in [0.15, 0.2) is 5.82 Å². The molecule has 0 unspecified atom stereocenters. The van der Waals surface area contributed by atoms with Crippen molar-refractivity contribution in [2.75, 3.05) is 5.73 Å². The lowest BCUT2D eigenvalue weighted by Crippen LogP contribution is -2.01. The molecule has 0 fully saturated rings. The molecule has 0 saturated carbocycles. The number of rotatable bonds is 2. The first-order chi connectivity index (χ1) is 6.56. The average molecular weight is 209 g/mol. The third kappa shape index (κ3) is 1.97. The van der Waals surface area contributed by atoms with Gasteiger partial charge in [0, 0.05) is 11.1 Å². The second-order valence-corrected chi connectivity index (χ2v) is 3.09. The van der Waals surface area contributed by atoms with Crippen molar-refractivity contribution >= 4 is 35.0 Å². The predicted molar refractivity (Wildman–Crippen MR) is 61.3 cm³/mol. The topological polar surface area (TPSA) is 92.5 Å². The van der Waals surface area contributed by atoms with Crippen LogP contribution >= 0.6 is 12.2 Å². The fraction of sp³-hybridized carbons (Fsp3) is 0.125. The summed E-state index contributed by atoms with van der Waals surface area (Å²) in [7, 11) is 0. The smallest absolute Gasteiger partial charge is 0.211 e. The number of nitrogens with one attached hydrogen (secondary N) is 1. The summed E-state index contributed by atoms with van der Waals surface area (Å²) in [6.07, 6.45) is 1.65. The first-order valence-corrected chi connectivity index (χ1v) is 4.28. The maximum absolute atomic E-state index is 5.65. The van der Waals surface area contributed by atoms with E-state index in [4.69, 9.17) is 11.5 Å². The summed E-state index contributed by atoms with van der Waals surface area (Å²) < 4.78 is 0. The van der Waals surface area contributed by atoms with E-state index in [-0.39, 0.29) is 5.11 Å². The van der Waals surface area contributed by atoms with Gasteiger partial charge in [0.2, 0.25) is 5.11 Å². The van der Waals surface area contributed by atoms with Gasteiger partial charge in [-0.2, -0.15) is 0 Å². The van der Waals surface area contributed by atoms with E-state index in [1.807, 2.05) is 6.92 Å². The molecule has 0 amide bonds. The summed E-state index contributed by atoms with van der Waals surface area (Å²) in [6.45, 7) is 5.52. The standard InChI is InChI=1S/C8H11N5S/c1-3-5-4(2)6(9)11-7(5)12-13-8(10)14/h3,11H,1,9H2,2H3,(H2,10,14). The molecule has 1 heterocycles. The zero-order chi connectivity index (χ0) is 10.7. The Morgan fingerprint density at radius 3 is 2.79 bits per heavy atom. The summed E-state index contributed by atoms with van der Waals surface area (Å²) >= 11 is 4.56. The molecule has 5 nitrogen and oxygen atoms in total. The average Bonchev–Trinajstić information content (AvgIpc) is 2.39. The molecule has 0 aliphatic heterocycles. The van der Waals surface area contributed by atoms with Crippen LogP contribution in [0.1, 0.15) is 11.1 Å². The maximum Gasteiger partial charge on any atom is 0.211 e. The molecule has 1 rings (SSSR count). The number of H-pyrrole nitrogens is 1. The van der Waals surface area contributed by atoms with Gasteiger partial charge in [-0.25, -0.2) is 0 Å². The summed E-state index contributed by atoms with van der Waals surface area (Å²) in [5, 5.41) is 7.35. The lowest BCUT2D eigenvalue weighted by atomic mass is 10.2. The number of aromatic nitrogens is 1. The van der Waals surface area contributed by atoms with E-state index < -0.39 is 0 Å². The first kappa shape index (κ1) is 10.4. The SMILES string of the molecule is C=Cc1c(N=NC(N)=S)[nH]c(N)c1C. The minimum Gasteiger partial charge on any atom is -0.385 e. The highest BCUT2D eigenvalue weighted by Gasteiger charge is 2.08. The second-order valence-electron chi connectivity index (χ2n) is 2.67. The van der Waals surface area contributed by atoms with Crippen LogP contribution in [-0.4, -0.2) is 10.1 Å². The minimum atomic E-state index is -0.0224. The molecule has 0 aliphatic carbocycles. The van der Waals surface area contributed by atoms with Crippen LogP contribution in [-0.2, 0) is 0 Å². The summed E-state index contributed by atoms with van der Waals surface area (Å²) in [4.78, 5) is 2.85. The summed E-state index contributed by atoms with van der Waals surface area (Å²) in [5.74, 6) is 1.06. The monoisotopic (exact) mass is 209 g/mol. The van der Waals surface area contributed by atoms with Crippen LogP contribution in [0.3, 0.4) is 0 Å². The number of aromatic amines is 1. The maximum atomic E-state index is 5.65. The van der Waals surface area contributed by atoms with Crippen molar-refractivity contribution in [2.24, 2.45) is 16.0 Å². The van der Waals surface area contributed by atoms with E-state index in [9.17, 15) is 0 Å². The second kappa shape index (κ2) is 4.01. The highest BCUT2D eigenvalue weighted by molar-refractivity contribution is 7.80. The van der Waals surface area contributed by atoms with Gasteiger partial charge >= 0.3 is 0 Å². The van der Waals surface area contributed by atoms with E-state index in [0.29, 0.717) is 11.6 Å². The first-order valence-electron chi connectivity index (χ1n) is 3.88. The molecular weight excluding hydrogens is 198 g/mol. The Kier molecular flexibility index (Phi) is 2.98. The number of anilines is 1. The van der Waals surface area contributed by atoms with Gasteiger partial charge < -0.3 is 16.5 Å². The molecule has 14 heavy (non-hydrogen) atoms. The lowest BCUT2D eigenvalue weighted by Gasteiger charge is -1.91. The molecule has 1 aromatic rings. The van der Waals surface area contributed by atoms with Gasteiger partial charge in [0.05, 0.1) is 0 Å². The molecule has 1 aromatic heterocycles. The van der Waals surface area contributed by atoms with Crippen molar-refractivity contribution in [1.82, 2.24) is 4.98 Å². The Labute approximate surface area is 86.9 Å². The van der Waals surface area contributed by atoms with Crippen LogP contribution < -0.4 is 11.5 Å². The molecule has 0 atom stereocenters. The van der Waals surface area contributed by atoms with Gasteiger partial charge in [-0.3, -0.25) is 0 Å². The molecule has 0 aromatic carbocycles. The van der Waals surface area contributed by atoms with Crippen molar-refractivity contribution in [2.45, 2.75) is 6.92 Å². The Morgan fingerprint density at radius 1 is 1.64 bits per heavy atom. The van der Waals surface area contributed by atoms with Crippen LogP contribution in [0.5, 0.6) is 0 Å². The van der Waals surface area contributed by atoms with Crippen LogP contribution in [0, 0.1) is 6.92 Å². The number of nitrogen functional groups attached to an aromatic ring is 1. The molecule has 6 heteroatoms. The largest absolute Gasteiger partial charge is 0.385 e. The molecule has 0 radical (unpaired) electrons. The third-order valence-corrected chi connectivity index (χ3v) is 1.85. The Morgan fingerprint density at radius 2 is 2.29 bits per heavy atom. The number of hydrogen-bond acceptors (Lipinski definition) is 3. The van der Waals surface area contributed by atoms with E-state index in [0.717, 1.165) is 11.1 Å². The van der Waals surface area contributed by atoms with E-state index in [1.54, 1.807) is 6.08 Å². The van der Waals surface area contributed by atoms with Gasteiger partial charge in [0.25, 0.3) is 0 Å². The molecule has 0 spiro atoms. The fourth-order valence-corrected chi connectivity index (χ4v) is 1.08. The van der Waals surface area contributed by atoms with Crippen LogP contribution in [0.25, 0.3) is 6.08 Å². The van der Waals surface area contributed by atoms with Crippen LogP contribution in [0.15, 0.2) is 16.8 Å². The molecule has 0 saturated heterocycles. The Bertz CT molecular complexity index is 404. The minimum absolute atomic E-state index is 0.0224. The number of azo groups is 1. The van der Waals surface area contributed by atoms with Crippen molar-refractivity contribution in [3.05, 3.63) is 17.7 Å². The summed E-state index contributed by atoms with van der Waals surface area (Å²) in [5.41, 5.74) is 12.5. The van der Waals surface area contributed by atoms with Crippen molar-refractivity contribution in [1.29, 1.82) is 0 Å². The quantitative estimate of drug-likeness (QED) is 0.512. The highest BCUT2D eigenvalue weighted by Crippen LogP contribution is 2.27. The van der Waals surface area contributed by atoms with Crippen LogP contribution in [0.2, 0.25) is 0 Å². The van der Waals surface area contributed by atoms with Gasteiger partial charge in [-0.05, 0) is 19.1 Å². The molecular formula is C8H11N5S. The zero-order valence-electron chi connectivity index (χ0n) is 7.74. The Hall–Kier alpha value is -1.69. The number of hydrogen-bond donors (Lipinski definition) is 3. The predicted octanol–water partition coefficient (Wildman–Crippen LogP) is 1.88. The van der Waals surface area contributed by atoms with Crippen molar-refractivity contribution < 1.29 is 0 Å². The zero-order valence-corrected chi connectivity index (χ0v) is 8.56. The summed E-state index contributed by atoms with van der Waals surface area (Å²) in [6, 6.07) is 0. The number of thiocarbonyl (C=S) groups is 1. The third-order valence-electron chi connectivity index (χ3n) is 1.77. The number of nitrogens with two attached hydrogens (primary N) is 2. The highest BCUT2D eigenvalue weighted by atomic mass is 32.1. The van der Waals surface area contributed by atoms with Crippen molar-refractivity contribution in [3.8, 4) is 0 Å². The Balaban J connectivity index is 3.15. The normalized spacial score (nSPS) is 10.6. The van der Waals surface area contributed by atoms with Gasteiger partial charge in [0.1, 0.15) is 5.82 Å². The molecule has 0 bridgehead atoms. The molecule has 0 aliphatic rings. The fourth-order valence-electron chi connectivity index (χ4n) is 1.04.